The largest absolute Gasteiger partial charge is 0.377 e. The molecule has 88 valence electrons. The molecule has 0 saturated heterocycles. The number of nitro groups is 1. The Bertz CT molecular complexity index is 396. The Labute approximate surface area is 91.4 Å². The molecule has 0 radical (unpaired) electrons. The highest BCUT2D eigenvalue weighted by Gasteiger charge is 2.16. The molecule has 1 aromatic carbocycles. The van der Waals surface area contributed by atoms with Crippen LogP contribution in [0.5, 0.6) is 0 Å². The summed E-state index contributed by atoms with van der Waals surface area (Å²) in [6.07, 6.45) is -2.51. The van der Waals surface area contributed by atoms with Crippen molar-refractivity contribution in [3.63, 3.8) is 0 Å². The van der Waals surface area contributed by atoms with Crippen molar-refractivity contribution in [2.24, 2.45) is 0 Å². The second-order valence-corrected chi connectivity index (χ2v) is 3.53. The molecule has 1 aromatic rings. The van der Waals surface area contributed by atoms with E-state index in [2.05, 4.69) is 5.32 Å². The summed E-state index contributed by atoms with van der Waals surface area (Å²) in [5.41, 5.74) is 0.747. The number of aryl methyl sites for hydroxylation is 1. The molecule has 0 aliphatic rings. The molecule has 4 nitrogen and oxygen atoms in total. The third-order valence-corrected chi connectivity index (χ3v) is 2.18. The summed E-state index contributed by atoms with van der Waals surface area (Å²) in [5.74, 6) is 0. The SMILES string of the molecule is Cc1ccc(NC(C)C(F)F)cc1[N+](=O)[O-]. The van der Waals surface area contributed by atoms with E-state index < -0.39 is 17.4 Å². The second kappa shape index (κ2) is 4.87. The fourth-order valence-electron chi connectivity index (χ4n) is 1.22. The molecular weight excluding hydrogens is 218 g/mol. The Morgan fingerprint density at radius 3 is 2.56 bits per heavy atom. The topological polar surface area (TPSA) is 55.2 Å². The zero-order valence-electron chi connectivity index (χ0n) is 8.91. The number of rotatable bonds is 4. The molecule has 1 N–H and O–H groups in total. The van der Waals surface area contributed by atoms with Crippen molar-refractivity contribution in [1.82, 2.24) is 0 Å². The highest BCUT2D eigenvalue weighted by molar-refractivity contribution is 5.55. The van der Waals surface area contributed by atoms with Gasteiger partial charge < -0.3 is 5.32 Å². The molecule has 0 saturated carbocycles. The van der Waals surface area contributed by atoms with E-state index in [1.54, 1.807) is 13.0 Å². The van der Waals surface area contributed by atoms with E-state index in [1.807, 2.05) is 0 Å². The van der Waals surface area contributed by atoms with E-state index in [1.165, 1.54) is 19.1 Å². The van der Waals surface area contributed by atoms with Crippen LogP contribution in [0.3, 0.4) is 0 Å². The molecule has 0 aromatic heterocycles. The van der Waals surface area contributed by atoms with Crippen molar-refractivity contribution < 1.29 is 13.7 Å². The van der Waals surface area contributed by atoms with Crippen molar-refractivity contribution in [2.75, 3.05) is 5.32 Å². The van der Waals surface area contributed by atoms with Crippen LogP contribution < -0.4 is 5.32 Å². The third kappa shape index (κ3) is 2.88. The van der Waals surface area contributed by atoms with Crippen LogP contribution in [0, 0.1) is 17.0 Å². The van der Waals surface area contributed by atoms with E-state index >= 15 is 0 Å². The highest BCUT2D eigenvalue weighted by Crippen LogP contribution is 2.23. The first-order valence-corrected chi connectivity index (χ1v) is 4.71. The quantitative estimate of drug-likeness (QED) is 0.639. The molecular formula is C10H12F2N2O2. The van der Waals surface area contributed by atoms with Gasteiger partial charge in [-0.3, -0.25) is 10.1 Å². The van der Waals surface area contributed by atoms with Crippen LogP contribution in [0.4, 0.5) is 20.2 Å². The molecule has 0 aliphatic carbocycles. The van der Waals surface area contributed by atoms with Gasteiger partial charge in [-0.25, -0.2) is 8.78 Å². The first-order chi connectivity index (χ1) is 7.41. The molecule has 16 heavy (non-hydrogen) atoms. The first kappa shape index (κ1) is 12.4. The minimum atomic E-state index is -2.51. The Kier molecular flexibility index (Phi) is 3.76. The van der Waals surface area contributed by atoms with Crippen LogP contribution in [-0.4, -0.2) is 17.4 Å². The van der Waals surface area contributed by atoms with Crippen molar-refractivity contribution in [2.45, 2.75) is 26.3 Å². The number of alkyl halides is 2. The third-order valence-electron chi connectivity index (χ3n) is 2.18. The number of nitrogens with zero attached hydrogens (tertiary/aromatic N) is 1. The first-order valence-electron chi connectivity index (χ1n) is 4.71. The summed E-state index contributed by atoms with van der Waals surface area (Å²) in [7, 11) is 0. The maximum atomic E-state index is 12.3. The lowest BCUT2D eigenvalue weighted by atomic mass is 10.1. The zero-order valence-corrected chi connectivity index (χ0v) is 8.91. The van der Waals surface area contributed by atoms with E-state index in [9.17, 15) is 18.9 Å². The van der Waals surface area contributed by atoms with Gasteiger partial charge in [0.25, 0.3) is 12.1 Å². The summed E-state index contributed by atoms with van der Waals surface area (Å²) in [6, 6.07) is 3.29. The van der Waals surface area contributed by atoms with Gasteiger partial charge in [-0.2, -0.15) is 0 Å². The minimum Gasteiger partial charge on any atom is -0.377 e. The predicted octanol–water partition coefficient (Wildman–Crippen LogP) is 2.97. The molecule has 0 spiro atoms. The maximum Gasteiger partial charge on any atom is 0.274 e. The fourth-order valence-corrected chi connectivity index (χ4v) is 1.22. The van der Waals surface area contributed by atoms with Gasteiger partial charge in [0.15, 0.2) is 0 Å². The summed E-state index contributed by atoms with van der Waals surface area (Å²) in [5, 5.41) is 13.1. The number of hydrogen-bond acceptors (Lipinski definition) is 3. The highest BCUT2D eigenvalue weighted by atomic mass is 19.3. The lowest BCUT2D eigenvalue weighted by Crippen LogP contribution is -2.23. The number of nitrogens with one attached hydrogen (secondary N) is 1. The predicted molar refractivity (Wildman–Crippen MR) is 56.9 cm³/mol. The normalized spacial score (nSPS) is 12.6. The molecule has 0 heterocycles. The van der Waals surface area contributed by atoms with Crippen molar-refractivity contribution in [1.29, 1.82) is 0 Å². The molecule has 1 unspecified atom stereocenters. The monoisotopic (exact) mass is 230 g/mol. The molecule has 0 bridgehead atoms. The van der Waals surface area contributed by atoms with Gasteiger partial charge in [0.2, 0.25) is 0 Å². The van der Waals surface area contributed by atoms with Gasteiger partial charge in [-0.15, -0.1) is 0 Å². The minimum absolute atomic E-state index is 0.0773. The van der Waals surface area contributed by atoms with Crippen molar-refractivity contribution >= 4 is 11.4 Å². The molecule has 0 fully saturated rings. The summed E-state index contributed by atoms with van der Waals surface area (Å²) < 4.78 is 24.5. The molecule has 0 aliphatic heterocycles. The Morgan fingerprint density at radius 2 is 2.06 bits per heavy atom. The fraction of sp³-hybridized carbons (Fsp3) is 0.400. The second-order valence-electron chi connectivity index (χ2n) is 3.53. The van der Waals surface area contributed by atoms with Gasteiger partial charge in [0.1, 0.15) is 0 Å². The standard InChI is InChI=1S/C10H12F2N2O2/c1-6-3-4-8(5-9(6)14(15)16)13-7(2)10(11)12/h3-5,7,10,13H,1-2H3. The lowest BCUT2D eigenvalue weighted by molar-refractivity contribution is -0.385. The zero-order chi connectivity index (χ0) is 12.3. The number of hydrogen-bond donors (Lipinski definition) is 1. The maximum absolute atomic E-state index is 12.3. The summed E-state index contributed by atoms with van der Waals surface area (Å²) in [6.45, 7) is 2.91. The van der Waals surface area contributed by atoms with Crippen LogP contribution in [-0.2, 0) is 0 Å². The van der Waals surface area contributed by atoms with Crippen LogP contribution in [0.15, 0.2) is 18.2 Å². The van der Waals surface area contributed by atoms with Crippen molar-refractivity contribution in [3.05, 3.63) is 33.9 Å². The average molecular weight is 230 g/mol. The van der Waals surface area contributed by atoms with Crippen LogP contribution in [0.1, 0.15) is 12.5 Å². The van der Waals surface area contributed by atoms with Crippen LogP contribution in [0.2, 0.25) is 0 Å². The van der Waals surface area contributed by atoms with Gasteiger partial charge in [-0.05, 0) is 19.9 Å². The number of nitro benzene ring substituents is 1. The van der Waals surface area contributed by atoms with E-state index in [0.717, 1.165) is 0 Å². The summed E-state index contributed by atoms with van der Waals surface area (Å²) >= 11 is 0. The lowest BCUT2D eigenvalue weighted by Gasteiger charge is -2.14. The number of benzene rings is 1. The Morgan fingerprint density at radius 1 is 1.44 bits per heavy atom. The Hall–Kier alpha value is -1.72. The van der Waals surface area contributed by atoms with Crippen LogP contribution >= 0.6 is 0 Å². The Balaban J connectivity index is 2.91. The van der Waals surface area contributed by atoms with E-state index in [4.69, 9.17) is 0 Å². The molecule has 1 atom stereocenters. The molecule has 1 rings (SSSR count). The van der Waals surface area contributed by atoms with Gasteiger partial charge in [-0.1, -0.05) is 6.07 Å². The van der Waals surface area contributed by atoms with E-state index in [0.29, 0.717) is 11.3 Å². The molecule has 6 heteroatoms. The smallest absolute Gasteiger partial charge is 0.274 e. The van der Waals surface area contributed by atoms with Crippen molar-refractivity contribution in [3.8, 4) is 0 Å². The van der Waals surface area contributed by atoms with Gasteiger partial charge >= 0.3 is 0 Å². The van der Waals surface area contributed by atoms with Crippen LogP contribution in [0.25, 0.3) is 0 Å². The average Bonchev–Trinajstić information content (AvgIpc) is 2.20. The van der Waals surface area contributed by atoms with E-state index in [-0.39, 0.29) is 5.69 Å². The summed E-state index contributed by atoms with van der Waals surface area (Å²) in [4.78, 5) is 10.1. The van der Waals surface area contributed by atoms with Gasteiger partial charge in [0, 0.05) is 17.3 Å². The number of halogens is 2. The van der Waals surface area contributed by atoms with Gasteiger partial charge in [0.05, 0.1) is 11.0 Å². The molecule has 0 amide bonds. The number of anilines is 1.